The molecular weight excluding hydrogens is 191 g/mol. The lowest BCUT2D eigenvalue weighted by Crippen LogP contribution is -2.05. The molecular formula is C9H11ClOP+. The fourth-order valence-electron chi connectivity index (χ4n) is 1.45. The number of aryl methyl sites for hydroxylation is 3. The third kappa shape index (κ3) is 1.85. The van der Waals surface area contributed by atoms with Gasteiger partial charge >= 0.3 is 7.15 Å². The molecule has 3 heteroatoms. The van der Waals surface area contributed by atoms with Crippen molar-refractivity contribution >= 4 is 23.7 Å². The van der Waals surface area contributed by atoms with Crippen LogP contribution in [0.4, 0.5) is 0 Å². The Hall–Kier alpha value is -0.390. The van der Waals surface area contributed by atoms with Crippen molar-refractivity contribution in [3.63, 3.8) is 0 Å². The Morgan fingerprint density at radius 3 is 1.92 bits per heavy atom. The highest BCUT2D eigenvalue weighted by Crippen LogP contribution is 2.29. The van der Waals surface area contributed by atoms with Crippen LogP contribution in [0.15, 0.2) is 12.1 Å². The Kier molecular flexibility index (Phi) is 2.87. The molecule has 0 N–H and O–H groups in total. The van der Waals surface area contributed by atoms with E-state index in [1.54, 1.807) is 0 Å². The monoisotopic (exact) mass is 201 g/mol. The van der Waals surface area contributed by atoms with Crippen LogP contribution in [-0.2, 0) is 4.57 Å². The van der Waals surface area contributed by atoms with Gasteiger partial charge in [0.25, 0.3) is 0 Å². The summed E-state index contributed by atoms with van der Waals surface area (Å²) in [6.45, 7) is 5.89. The predicted molar refractivity (Wildman–Crippen MR) is 53.7 cm³/mol. The lowest BCUT2D eigenvalue weighted by atomic mass is 10.1. The molecule has 0 aromatic heterocycles. The normalized spacial score (nSPS) is 11.5. The van der Waals surface area contributed by atoms with Gasteiger partial charge in [-0.1, -0.05) is 17.7 Å². The van der Waals surface area contributed by atoms with Crippen LogP contribution in [0.1, 0.15) is 16.7 Å². The van der Waals surface area contributed by atoms with E-state index in [4.69, 9.17) is 11.2 Å². The molecule has 0 bridgehead atoms. The Morgan fingerprint density at radius 1 is 1.17 bits per heavy atom. The van der Waals surface area contributed by atoms with E-state index in [-0.39, 0.29) is 0 Å². The standard InChI is InChI=1S/C9H11ClOP/c1-6-4-7(2)9(12(10)11)8(3)5-6/h4-5H,1-3H3/q+1. The first kappa shape index (κ1) is 9.70. The molecule has 0 aliphatic carbocycles. The summed E-state index contributed by atoms with van der Waals surface area (Å²) in [5, 5.41) is 0.789. The number of benzene rings is 1. The fraction of sp³-hybridized carbons (Fsp3) is 0.333. The number of hydrogen-bond donors (Lipinski definition) is 0. The van der Waals surface area contributed by atoms with Crippen LogP contribution < -0.4 is 5.30 Å². The van der Waals surface area contributed by atoms with Gasteiger partial charge in [-0.15, -0.1) is 0 Å². The number of rotatable bonds is 1. The Bertz CT molecular complexity index is 310. The quantitative estimate of drug-likeness (QED) is 0.638. The molecule has 0 fully saturated rings. The van der Waals surface area contributed by atoms with E-state index in [1.165, 1.54) is 5.56 Å². The average Bonchev–Trinajstić information content (AvgIpc) is 1.82. The van der Waals surface area contributed by atoms with Crippen LogP contribution in [0.2, 0.25) is 0 Å². The lowest BCUT2D eigenvalue weighted by molar-refractivity contribution is 0.600. The molecule has 0 saturated carbocycles. The summed E-state index contributed by atoms with van der Waals surface area (Å²) < 4.78 is 11.1. The molecule has 0 aliphatic heterocycles. The van der Waals surface area contributed by atoms with Gasteiger partial charge in [0.15, 0.2) is 0 Å². The highest BCUT2D eigenvalue weighted by atomic mass is 35.7. The van der Waals surface area contributed by atoms with Gasteiger partial charge in [-0.25, -0.2) is 0 Å². The Morgan fingerprint density at radius 2 is 1.58 bits per heavy atom. The third-order valence-corrected chi connectivity index (χ3v) is 3.38. The van der Waals surface area contributed by atoms with Crippen LogP contribution in [-0.4, -0.2) is 0 Å². The largest absolute Gasteiger partial charge is 0.494 e. The third-order valence-electron chi connectivity index (χ3n) is 1.81. The van der Waals surface area contributed by atoms with E-state index >= 15 is 0 Å². The molecule has 1 aromatic carbocycles. The summed E-state index contributed by atoms with van der Waals surface area (Å²) >= 11 is 5.58. The minimum Gasteiger partial charge on any atom is -0.0518 e. The Labute approximate surface area is 78.3 Å². The van der Waals surface area contributed by atoms with Gasteiger partial charge < -0.3 is 0 Å². The van der Waals surface area contributed by atoms with Gasteiger partial charge in [0.05, 0.1) is 0 Å². The van der Waals surface area contributed by atoms with E-state index in [0.29, 0.717) is 0 Å². The molecule has 0 aliphatic rings. The van der Waals surface area contributed by atoms with Crippen molar-refractivity contribution in [1.82, 2.24) is 0 Å². The van der Waals surface area contributed by atoms with Crippen molar-refractivity contribution in [2.45, 2.75) is 20.8 Å². The summed E-state index contributed by atoms with van der Waals surface area (Å²) in [4.78, 5) is 0. The predicted octanol–water partition coefficient (Wildman–Crippen LogP) is 3.22. The summed E-state index contributed by atoms with van der Waals surface area (Å²) in [5.41, 5.74) is 3.22. The van der Waals surface area contributed by atoms with E-state index in [0.717, 1.165) is 16.4 Å². The van der Waals surface area contributed by atoms with E-state index < -0.39 is 7.15 Å². The van der Waals surface area contributed by atoms with Crippen LogP contribution in [0.25, 0.3) is 0 Å². The molecule has 0 saturated heterocycles. The second kappa shape index (κ2) is 3.55. The lowest BCUT2D eigenvalue weighted by Gasteiger charge is -1.99. The van der Waals surface area contributed by atoms with Crippen molar-refractivity contribution < 1.29 is 4.57 Å². The van der Waals surface area contributed by atoms with Crippen LogP contribution >= 0.6 is 18.4 Å². The zero-order chi connectivity index (χ0) is 9.30. The molecule has 0 radical (unpaired) electrons. The summed E-state index contributed by atoms with van der Waals surface area (Å²) in [5.74, 6) is 0. The molecule has 0 amide bonds. The number of halogens is 1. The zero-order valence-electron chi connectivity index (χ0n) is 7.39. The van der Waals surface area contributed by atoms with Crippen LogP contribution in [0.5, 0.6) is 0 Å². The van der Waals surface area contributed by atoms with Gasteiger partial charge in [0.1, 0.15) is 0 Å². The second-order valence-electron chi connectivity index (χ2n) is 2.99. The molecule has 64 valence electrons. The van der Waals surface area contributed by atoms with Crippen molar-refractivity contribution in [3.05, 3.63) is 28.8 Å². The maximum absolute atomic E-state index is 11.1. The molecule has 1 aromatic rings. The molecule has 0 spiro atoms. The topological polar surface area (TPSA) is 17.1 Å². The Balaban J connectivity index is 3.38. The maximum atomic E-state index is 11.1. The minimum absolute atomic E-state index is 0.789. The summed E-state index contributed by atoms with van der Waals surface area (Å²) in [6.07, 6.45) is 0. The number of hydrogen-bond acceptors (Lipinski definition) is 1. The van der Waals surface area contributed by atoms with E-state index in [1.807, 2.05) is 32.9 Å². The van der Waals surface area contributed by atoms with Crippen LogP contribution in [0, 0.1) is 20.8 Å². The smallest absolute Gasteiger partial charge is 0.0518 e. The molecule has 1 atom stereocenters. The molecule has 12 heavy (non-hydrogen) atoms. The highest BCUT2D eigenvalue weighted by Gasteiger charge is 2.22. The van der Waals surface area contributed by atoms with Gasteiger partial charge in [0, 0.05) is 11.1 Å². The first-order chi connectivity index (χ1) is 5.52. The minimum atomic E-state index is -1.73. The van der Waals surface area contributed by atoms with Crippen molar-refractivity contribution in [1.29, 1.82) is 0 Å². The summed E-state index contributed by atoms with van der Waals surface area (Å²) in [6, 6.07) is 4.00. The summed E-state index contributed by atoms with van der Waals surface area (Å²) in [7, 11) is -1.73. The van der Waals surface area contributed by atoms with Crippen LogP contribution in [0.3, 0.4) is 0 Å². The SMILES string of the molecule is Cc1cc(C)c([P+](=O)Cl)c(C)c1. The van der Waals surface area contributed by atoms with Gasteiger partial charge in [-0.3, -0.25) is 0 Å². The molecule has 1 rings (SSSR count). The van der Waals surface area contributed by atoms with E-state index in [9.17, 15) is 4.57 Å². The first-order valence-electron chi connectivity index (χ1n) is 3.73. The fourth-order valence-corrected chi connectivity index (χ4v) is 2.93. The maximum Gasteiger partial charge on any atom is 0.494 e. The van der Waals surface area contributed by atoms with Gasteiger partial charge in [0.2, 0.25) is 16.5 Å². The van der Waals surface area contributed by atoms with Crippen molar-refractivity contribution in [3.8, 4) is 0 Å². The van der Waals surface area contributed by atoms with Crippen molar-refractivity contribution in [2.24, 2.45) is 0 Å². The van der Waals surface area contributed by atoms with E-state index in [2.05, 4.69) is 0 Å². The highest BCUT2D eigenvalue weighted by molar-refractivity contribution is 7.80. The second-order valence-corrected chi connectivity index (χ2v) is 4.85. The van der Waals surface area contributed by atoms with Gasteiger partial charge in [-0.2, -0.15) is 0 Å². The molecule has 1 nitrogen and oxygen atoms in total. The average molecular weight is 202 g/mol. The van der Waals surface area contributed by atoms with Crippen molar-refractivity contribution in [2.75, 3.05) is 0 Å². The molecule has 0 heterocycles. The van der Waals surface area contributed by atoms with Gasteiger partial charge in [-0.05, 0) is 25.3 Å². The molecule has 1 unspecified atom stereocenters. The first-order valence-corrected chi connectivity index (χ1v) is 5.89. The zero-order valence-corrected chi connectivity index (χ0v) is 9.04.